The number of halogens is 1. The van der Waals surface area contributed by atoms with E-state index in [0.29, 0.717) is 10.0 Å². The van der Waals surface area contributed by atoms with Crippen molar-refractivity contribution < 1.29 is 15.0 Å². The normalized spacial score (nSPS) is 16.5. The Bertz CT molecular complexity index is 502. The molecule has 4 N–H and O–H groups in total. The van der Waals surface area contributed by atoms with Gasteiger partial charge in [-0.15, -0.1) is 0 Å². The van der Waals surface area contributed by atoms with E-state index < -0.39 is 12.0 Å². The molecule has 1 aliphatic carbocycles. The molecule has 5 heteroatoms. The number of carbonyl (C=O) groups is 1. The van der Waals surface area contributed by atoms with Gasteiger partial charge in [0.25, 0.3) is 0 Å². The van der Waals surface area contributed by atoms with Gasteiger partial charge < -0.3 is 15.9 Å². The summed E-state index contributed by atoms with van der Waals surface area (Å²) >= 11 is 3.44. The number of rotatable bonds is 3. The molecule has 0 bridgehead atoms. The van der Waals surface area contributed by atoms with Crippen LogP contribution in [0.4, 0.5) is 0 Å². The Morgan fingerprint density at radius 2 is 2.05 bits per heavy atom. The van der Waals surface area contributed by atoms with Gasteiger partial charge in [-0.25, -0.2) is 0 Å². The number of aromatic hydroxyl groups is 1. The molecule has 0 spiro atoms. The van der Waals surface area contributed by atoms with Crippen molar-refractivity contribution in [3.63, 3.8) is 0 Å². The number of aryl methyl sites for hydroxylation is 1. The van der Waals surface area contributed by atoms with Gasteiger partial charge in [0.2, 0.25) is 0 Å². The minimum Gasteiger partial charge on any atom is -0.506 e. The van der Waals surface area contributed by atoms with Gasteiger partial charge >= 0.3 is 5.97 Å². The molecule has 1 atom stereocenters. The Balaban J connectivity index is 2.37. The molecule has 0 heterocycles. The van der Waals surface area contributed by atoms with E-state index >= 15 is 0 Å². The molecular formula is C14H18BrNO3. The van der Waals surface area contributed by atoms with Crippen molar-refractivity contribution >= 4 is 21.9 Å². The van der Waals surface area contributed by atoms with Crippen molar-refractivity contribution in [3.05, 3.63) is 27.2 Å². The van der Waals surface area contributed by atoms with Gasteiger partial charge in [-0.3, -0.25) is 4.79 Å². The number of benzene rings is 1. The second-order valence-electron chi connectivity index (χ2n) is 5.05. The van der Waals surface area contributed by atoms with Crippen molar-refractivity contribution in [3.8, 4) is 5.75 Å². The number of nitrogens with two attached hydrogens (primary N) is 1. The average molecular weight is 328 g/mol. The molecular weight excluding hydrogens is 310 g/mol. The predicted octanol–water partition coefficient (Wildman–Crippen LogP) is 2.38. The molecule has 1 unspecified atom stereocenters. The van der Waals surface area contributed by atoms with Crippen LogP contribution in [0.1, 0.15) is 36.0 Å². The zero-order chi connectivity index (χ0) is 14.0. The lowest BCUT2D eigenvalue weighted by atomic mass is 9.96. The lowest BCUT2D eigenvalue weighted by Gasteiger charge is -2.16. The van der Waals surface area contributed by atoms with Crippen molar-refractivity contribution in [1.82, 2.24) is 0 Å². The summed E-state index contributed by atoms with van der Waals surface area (Å²) in [5.74, 6) is -0.914. The van der Waals surface area contributed by atoms with Gasteiger partial charge in [0.15, 0.2) is 0 Å². The minimum absolute atomic E-state index is 0.136. The van der Waals surface area contributed by atoms with Crippen molar-refractivity contribution in [1.29, 1.82) is 0 Å². The molecule has 1 aliphatic rings. The number of carboxylic acid groups (broad SMARTS) is 1. The maximum Gasteiger partial charge on any atom is 0.320 e. The highest BCUT2D eigenvalue weighted by Crippen LogP contribution is 2.37. The number of carboxylic acids is 1. The van der Waals surface area contributed by atoms with Crippen LogP contribution < -0.4 is 5.73 Å². The van der Waals surface area contributed by atoms with E-state index in [0.717, 1.165) is 31.2 Å². The second kappa shape index (κ2) is 5.92. The Labute approximate surface area is 120 Å². The zero-order valence-electron chi connectivity index (χ0n) is 10.7. The highest BCUT2D eigenvalue weighted by Gasteiger charge is 2.20. The molecule has 0 aliphatic heterocycles. The van der Waals surface area contributed by atoms with E-state index in [1.165, 1.54) is 12.0 Å². The van der Waals surface area contributed by atoms with Crippen molar-refractivity contribution in [2.24, 2.45) is 5.73 Å². The van der Waals surface area contributed by atoms with E-state index in [1.54, 1.807) is 0 Å². The summed E-state index contributed by atoms with van der Waals surface area (Å²) in [6, 6.07) is 0.936. The summed E-state index contributed by atoms with van der Waals surface area (Å²) in [7, 11) is 0. The standard InChI is InChI=1S/C14H18BrNO3/c15-12-10-5-3-1-2-4-8(10)6-9(13(12)17)7-11(16)14(18)19/h6,11,17H,1-5,7,16H2,(H,18,19). The number of phenolic OH excluding ortho intramolecular Hbond substituents is 1. The van der Waals surface area contributed by atoms with Gasteiger partial charge in [0, 0.05) is 6.42 Å². The van der Waals surface area contributed by atoms with Gasteiger partial charge in [0.1, 0.15) is 11.8 Å². The maximum atomic E-state index is 10.8. The smallest absolute Gasteiger partial charge is 0.320 e. The molecule has 0 radical (unpaired) electrons. The highest BCUT2D eigenvalue weighted by molar-refractivity contribution is 9.10. The maximum absolute atomic E-state index is 10.8. The summed E-state index contributed by atoms with van der Waals surface area (Å²) in [5, 5.41) is 19.0. The van der Waals surface area contributed by atoms with Crippen LogP contribution in [0.2, 0.25) is 0 Å². The van der Waals surface area contributed by atoms with Crippen molar-refractivity contribution in [2.75, 3.05) is 0 Å². The van der Waals surface area contributed by atoms with Gasteiger partial charge in [-0.1, -0.05) is 12.5 Å². The molecule has 104 valence electrons. The number of phenols is 1. The molecule has 2 rings (SSSR count). The summed E-state index contributed by atoms with van der Waals surface area (Å²) in [5.41, 5.74) is 8.52. The molecule has 19 heavy (non-hydrogen) atoms. The lowest BCUT2D eigenvalue weighted by Crippen LogP contribution is -2.32. The third kappa shape index (κ3) is 3.09. The van der Waals surface area contributed by atoms with Crippen LogP contribution in [0.15, 0.2) is 10.5 Å². The molecule has 0 saturated carbocycles. The Hall–Kier alpha value is -1.07. The Morgan fingerprint density at radius 1 is 1.37 bits per heavy atom. The number of hydrogen-bond donors (Lipinski definition) is 3. The lowest BCUT2D eigenvalue weighted by molar-refractivity contribution is -0.138. The molecule has 1 aromatic rings. The van der Waals surface area contributed by atoms with Crippen LogP contribution in [0.3, 0.4) is 0 Å². The summed E-state index contributed by atoms with van der Waals surface area (Å²) in [6.45, 7) is 0. The van der Waals surface area contributed by atoms with Gasteiger partial charge in [-0.2, -0.15) is 0 Å². The van der Waals surface area contributed by atoms with Crippen molar-refractivity contribution in [2.45, 2.75) is 44.6 Å². The fraction of sp³-hybridized carbons (Fsp3) is 0.500. The molecule has 0 aromatic heterocycles. The van der Waals surface area contributed by atoms with Gasteiger partial charge in [0.05, 0.1) is 4.47 Å². The first kappa shape index (κ1) is 14.3. The highest BCUT2D eigenvalue weighted by atomic mass is 79.9. The molecule has 0 amide bonds. The van der Waals surface area contributed by atoms with E-state index in [4.69, 9.17) is 10.8 Å². The van der Waals surface area contributed by atoms with E-state index in [2.05, 4.69) is 15.9 Å². The quantitative estimate of drug-likeness (QED) is 0.744. The molecule has 0 fully saturated rings. The number of fused-ring (bicyclic) bond motifs is 1. The zero-order valence-corrected chi connectivity index (χ0v) is 12.2. The van der Waals surface area contributed by atoms with Crippen LogP contribution in [0, 0.1) is 0 Å². The van der Waals surface area contributed by atoms with Crippen LogP contribution >= 0.6 is 15.9 Å². The fourth-order valence-corrected chi connectivity index (χ4v) is 3.27. The molecule has 0 saturated heterocycles. The summed E-state index contributed by atoms with van der Waals surface area (Å²) < 4.78 is 0.708. The Kier molecular flexibility index (Phi) is 4.47. The second-order valence-corrected chi connectivity index (χ2v) is 5.84. The summed E-state index contributed by atoms with van der Waals surface area (Å²) in [4.78, 5) is 10.8. The first-order valence-corrected chi connectivity index (χ1v) is 7.30. The first-order valence-electron chi connectivity index (χ1n) is 6.51. The monoisotopic (exact) mass is 327 g/mol. The third-order valence-corrected chi connectivity index (χ3v) is 4.50. The Morgan fingerprint density at radius 3 is 2.74 bits per heavy atom. The number of hydrogen-bond acceptors (Lipinski definition) is 3. The van der Waals surface area contributed by atoms with E-state index in [9.17, 15) is 9.90 Å². The van der Waals surface area contributed by atoms with E-state index in [1.807, 2.05) is 6.07 Å². The van der Waals surface area contributed by atoms with Gasteiger partial charge in [-0.05, 0) is 58.3 Å². The fourth-order valence-electron chi connectivity index (χ4n) is 2.56. The minimum atomic E-state index is -1.05. The van der Waals surface area contributed by atoms with Crippen LogP contribution in [0.25, 0.3) is 0 Å². The first-order chi connectivity index (χ1) is 9.00. The third-order valence-electron chi connectivity index (χ3n) is 3.64. The predicted molar refractivity (Wildman–Crippen MR) is 76.4 cm³/mol. The summed E-state index contributed by atoms with van der Waals surface area (Å²) in [6.07, 6.45) is 5.52. The van der Waals surface area contributed by atoms with Crippen LogP contribution in [-0.4, -0.2) is 22.2 Å². The van der Waals surface area contributed by atoms with E-state index in [-0.39, 0.29) is 12.2 Å². The van der Waals surface area contributed by atoms with Crippen LogP contribution in [0.5, 0.6) is 5.75 Å². The average Bonchev–Trinajstić information content (AvgIpc) is 2.60. The van der Waals surface area contributed by atoms with Crippen LogP contribution in [-0.2, 0) is 24.1 Å². The SMILES string of the molecule is NC(Cc1cc2c(c(Br)c1O)CCCCC2)C(=O)O. The topological polar surface area (TPSA) is 83.5 Å². The molecule has 1 aromatic carbocycles. The largest absolute Gasteiger partial charge is 0.506 e. The number of aliphatic carboxylic acids is 1. The molecule has 4 nitrogen and oxygen atoms in total.